The molecule has 0 aliphatic rings. The van der Waals surface area contributed by atoms with Crippen LogP contribution in [0, 0.1) is 17.0 Å². The molecule has 0 saturated carbocycles. The lowest BCUT2D eigenvalue weighted by Crippen LogP contribution is -2.17. The molecule has 8 heteroatoms. The summed E-state index contributed by atoms with van der Waals surface area (Å²) in [4.78, 5) is 28.1. The smallest absolute Gasteiger partial charge is 0.286 e. The van der Waals surface area contributed by atoms with Crippen molar-refractivity contribution in [3.05, 3.63) is 62.4 Å². The van der Waals surface area contributed by atoms with Crippen molar-refractivity contribution in [2.75, 3.05) is 7.11 Å². The van der Waals surface area contributed by atoms with E-state index in [4.69, 9.17) is 4.74 Å². The van der Waals surface area contributed by atoms with E-state index in [0.29, 0.717) is 17.1 Å². The van der Waals surface area contributed by atoms with Crippen LogP contribution in [0.15, 0.2) is 41.4 Å². The molecular formula is C19H19N3O4S. The summed E-state index contributed by atoms with van der Waals surface area (Å²) in [5, 5.41) is 11.2. The summed E-state index contributed by atoms with van der Waals surface area (Å²) < 4.78 is 8.42. The number of carbonyl (C=O) groups excluding carboxylic acids is 1. The SMILES string of the molecule is CCCn1c(=NC(=O)c2ccccc2[N+](=O)[O-])sc2c(C)ccc(OC)c21. The van der Waals surface area contributed by atoms with Crippen molar-refractivity contribution >= 4 is 33.1 Å². The quantitative estimate of drug-likeness (QED) is 0.489. The summed E-state index contributed by atoms with van der Waals surface area (Å²) in [6.07, 6.45) is 0.843. The van der Waals surface area contributed by atoms with Crippen molar-refractivity contribution in [3.63, 3.8) is 0 Å². The second-order valence-electron chi connectivity index (χ2n) is 5.99. The number of methoxy groups -OCH3 is 1. The molecule has 3 aromatic rings. The molecule has 0 spiro atoms. The molecule has 0 bridgehead atoms. The summed E-state index contributed by atoms with van der Waals surface area (Å²) >= 11 is 1.38. The first-order valence-electron chi connectivity index (χ1n) is 8.47. The maximum atomic E-state index is 12.7. The minimum atomic E-state index is -0.629. The normalized spacial score (nSPS) is 11.7. The molecule has 140 valence electrons. The van der Waals surface area contributed by atoms with Crippen LogP contribution in [-0.4, -0.2) is 22.5 Å². The van der Waals surface area contributed by atoms with E-state index < -0.39 is 10.8 Å². The van der Waals surface area contributed by atoms with E-state index in [1.54, 1.807) is 13.2 Å². The summed E-state index contributed by atoms with van der Waals surface area (Å²) in [5.74, 6) is 0.0789. The molecule has 1 amide bonds. The average Bonchev–Trinajstić information content (AvgIpc) is 3.01. The monoisotopic (exact) mass is 385 g/mol. The molecular weight excluding hydrogens is 366 g/mol. The summed E-state index contributed by atoms with van der Waals surface area (Å²) in [6, 6.07) is 9.70. The molecule has 0 N–H and O–H groups in total. The van der Waals surface area contributed by atoms with Crippen LogP contribution >= 0.6 is 11.3 Å². The van der Waals surface area contributed by atoms with Crippen molar-refractivity contribution in [1.29, 1.82) is 0 Å². The zero-order valence-electron chi connectivity index (χ0n) is 15.3. The van der Waals surface area contributed by atoms with Gasteiger partial charge in [0.05, 0.1) is 16.7 Å². The number of thiazole rings is 1. The Morgan fingerprint density at radius 3 is 2.70 bits per heavy atom. The third-order valence-corrected chi connectivity index (χ3v) is 5.39. The van der Waals surface area contributed by atoms with E-state index in [1.165, 1.54) is 29.5 Å². The van der Waals surface area contributed by atoms with Crippen LogP contribution in [0.2, 0.25) is 0 Å². The summed E-state index contributed by atoms with van der Waals surface area (Å²) in [5.41, 5.74) is 1.67. The fraction of sp³-hybridized carbons (Fsp3) is 0.263. The lowest BCUT2D eigenvalue weighted by atomic mass is 10.2. The van der Waals surface area contributed by atoms with Crippen LogP contribution in [0.1, 0.15) is 29.3 Å². The number of benzene rings is 2. The second kappa shape index (κ2) is 7.71. The van der Waals surface area contributed by atoms with Gasteiger partial charge in [0.15, 0.2) is 4.80 Å². The maximum absolute atomic E-state index is 12.7. The number of nitro benzene ring substituents is 1. The van der Waals surface area contributed by atoms with Gasteiger partial charge in [-0.25, -0.2) is 0 Å². The first kappa shape index (κ1) is 18.8. The molecule has 0 radical (unpaired) electrons. The first-order chi connectivity index (χ1) is 13.0. The van der Waals surface area contributed by atoms with Gasteiger partial charge in [-0.3, -0.25) is 14.9 Å². The number of hydrogen-bond donors (Lipinski definition) is 0. The van der Waals surface area contributed by atoms with E-state index in [-0.39, 0.29) is 11.3 Å². The highest BCUT2D eigenvalue weighted by Crippen LogP contribution is 2.30. The number of carbonyl (C=O) groups is 1. The highest BCUT2D eigenvalue weighted by Gasteiger charge is 2.20. The van der Waals surface area contributed by atoms with Crippen molar-refractivity contribution in [2.24, 2.45) is 4.99 Å². The van der Waals surface area contributed by atoms with Gasteiger partial charge in [0.2, 0.25) is 0 Å². The molecule has 27 heavy (non-hydrogen) atoms. The Bertz CT molecular complexity index is 1100. The summed E-state index contributed by atoms with van der Waals surface area (Å²) in [7, 11) is 1.60. The number of fused-ring (bicyclic) bond motifs is 1. The van der Waals surface area contributed by atoms with Gasteiger partial charge in [-0.1, -0.05) is 36.5 Å². The molecule has 0 saturated heterocycles. The fourth-order valence-electron chi connectivity index (χ4n) is 2.92. The molecule has 7 nitrogen and oxygen atoms in total. The molecule has 0 atom stereocenters. The number of nitro groups is 1. The number of amides is 1. The third-order valence-electron chi connectivity index (χ3n) is 4.18. The largest absolute Gasteiger partial charge is 0.495 e. The minimum absolute atomic E-state index is 0.0216. The molecule has 0 aliphatic heterocycles. The lowest BCUT2D eigenvalue weighted by Gasteiger charge is -2.08. The molecule has 1 aromatic heterocycles. The van der Waals surface area contributed by atoms with E-state index in [1.807, 2.05) is 30.5 Å². The number of nitrogens with zero attached hydrogens (tertiary/aromatic N) is 3. The van der Waals surface area contributed by atoms with Crippen LogP contribution in [-0.2, 0) is 6.54 Å². The Labute approximate surface area is 159 Å². The lowest BCUT2D eigenvalue weighted by molar-refractivity contribution is -0.385. The predicted octanol–water partition coefficient (Wildman–Crippen LogP) is 4.08. The number of ether oxygens (including phenoxy) is 1. The molecule has 0 fully saturated rings. The van der Waals surface area contributed by atoms with Crippen LogP contribution < -0.4 is 9.54 Å². The molecule has 3 rings (SSSR count). The number of aromatic nitrogens is 1. The number of para-hydroxylation sites is 1. The minimum Gasteiger partial charge on any atom is -0.495 e. The van der Waals surface area contributed by atoms with Crippen LogP contribution in [0.5, 0.6) is 5.75 Å². The number of hydrogen-bond acceptors (Lipinski definition) is 5. The van der Waals surface area contributed by atoms with E-state index in [9.17, 15) is 14.9 Å². The van der Waals surface area contributed by atoms with Gasteiger partial charge in [-0.15, -0.1) is 0 Å². The Balaban J connectivity index is 2.25. The van der Waals surface area contributed by atoms with E-state index in [0.717, 1.165) is 22.2 Å². The second-order valence-corrected chi connectivity index (χ2v) is 6.97. The van der Waals surface area contributed by atoms with Crippen molar-refractivity contribution in [1.82, 2.24) is 4.57 Å². The molecule has 0 aliphatic carbocycles. The van der Waals surface area contributed by atoms with Crippen LogP contribution in [0.25, 0.3) is 10.2 Å². The van der Waals surface area contributed by atoms with Gasteiger partial charge >= 0.3 is 0 Å². The highest BCUT2D eigenvalue weighted by molar-refractivity contribution is 7.16. The predicted molar refractivity (Wildman–Crippen MR) is 104 cm³/mol. The van der Waals surface area contributed by atoms with Crippen molar-refractivity contribution < 1.29 is 14.5 Å². The fourth-order valence-corrected chi connectivity index (χ4v) is 4.06. The topological polar surface area (TPSA) is 86.7 Å². The van der Waals surface area contributed by atoms with Crippen LogP contribution in [0.4, 0.5) is 5.69 Å². The Morgan fingerprint density at radius 1 is 1.30 bits per heavy atom. The first-order valence-corrected chi connectivity index (χ1v) is 9.29. The third kappa shape index (κ3) is 3.48. The standard InChI is InChI=1S/C19H19N3O4S/c1-4-11-21-16-15(26-3)10-9-12(2)17(16)27-19(21)20-18(23)13-7-5-6-8-14(13)22(24)25/h5-10H,4,11H2,1-3H3. The Hall–Kier alpha value is -3.00. The van der Waals surface area contributed by atoms with Gasteiger partial charge in [0.1, 0.15) is 16.8 Å². The molecule has 1 heterocycles. The zero-order valence-corrected chi connectivity index (χ0v) is 16.1. The van der Waals surface area contributed by atoms with Gasteiger partial charge < -0.3 is 9.30 Å². The van der Waals surface area contributed by atoms with E-state index >= 15 is 0 Å². The van der Waals surface area contributed by atoms with E-state index in [2.05, 4.69) is 4.99 Å². The highest BCUT2D eigenvalue weighted by atomic mass is 32.1. The zero-order chi connectivity index (χ0) is 19.6. The number of rotatable bonds is 5. The molecule has 2 aromatic carbocycles. The van der Waals surface area contributed by atoms with Crippen molar-refractivity contribution in [2.45, 2.75) is 26.8 Å². The Kier molecular flexibility index (Phi) is 5.36. The van der Waals surface area contributed by atoms with Gasteiger partial charge in [-0.05, 0) is 31.0 Å². The maximum Gasteiger partial charge on any atom is 0.286 e. The Morgan fingerprint density at radius 2 is 2.04 bits per heavy atom. The van der Waals surface area contributed by atoms with Crippen LogP contribution in [0.3, 0.4) is 0 Å². The van der Waals surface area contributed by atoms with Gasteiger partial charge in [0, 0.05) is 12.6 Å². The van der Waals surface area contributed by atoms with Gasteiger partial charge in [-0.2, -0.15) is 4.99 Å². The molecule has 0 unspecified atom stereocenters. The summed E-state index contributed by atoms with van der Waals surface area (Å²) in [6.45, 7) is 4.68. The number of aryl methyl sites for hydroxylation is 2. The average molecular weight is 385 g/mol. The van der Waals surface area contributed by atoms with Crippen molar-refractivity contribution in [3.8, 4) is 5.75 Å². The van der Waals surface area contributed by atoms with Gasteiger partial charge in [0.25, 0.3) is 11.6 Å².